The molecule has 2 aromatic rings. The van der Waals surface area contributed by atoms with Crippen LogP contribution in [0.1, 0.15) is 23.2 Å². The van der Waals surface area contributed by atoms with Crippen molar-refractivity contribution in [2.45, 2.75) is 12.8 Å². The van der Waals surface area contributed by atoms with Gasteiger partial charge in [-0.3, -0.25) is 9.59 Å². The predicted octanol–water partition coefficient (Wildman–Crippen LogP) is 2.40. The maximum Gasteiger partial charge on any atom is 0.262 e. The van der Waals surface area contributed by atoms with Crippen molar-refractivity contribution < 1.29 is 14.3 Å². The zero-order valence-corrected chi connectivity index (χ0v) is 13.9. The van der Waals surface area contributed by atoms with Gasteiger partial charge in [-0.2, -0.15) is 0 Å². The number of primary amides is 1. The highest BCUT2D eigenvalue weighted by Gasteiger charge is 2.18. The summed E-state index contributed by atoms with van der Waals surface area (Å²) in [4.78, 5) is 25.9. The molecule has 0 aliphatic carbocycles. The number of amides is 2. The second kappa shape index (κ2) is 7.70. The third kappa shape index (κ3) is 4.29. The summed E-state index contributed by atoms with van der Waals surface area (Å²) < 4.78 is 5.47. The molecule has 1 aliphatic heterocycles. The Bertz CT molecular complexity index is 756. The van der Waals surface area contributed by atoms with Crippen LogP contribution in [0, 0.1) is 0 Å². The van der Waals surface area contributed by atoms with E-state index in [0.717, 1.165) is 31.6 Å². The number of carbonyl (C=O) groups excluding carboxylic acids is 2. The molecule has 3 N–H and O–H groups in total. The van der Waals surface area contributed by atoms with E-state index in [9.17, 15) is 9.59 Å². The molecule has 130 valence electrons. The molecule has 6 heteroatoms. The van der Waals surface area contributed by atoms with Crippen LogP contribution in [0.2, 0.25) is 0 Å². The van der Waals surface area contributed by atoms with Gasteiger partial charge in [0.05, 0.1) is 11.4 Å². The van der Waals surface area contributed by atoms with E-state index < -0.39 is 5.91 Å². The molecule has 0 bridgehead atoms. The lowest BCUT2D eigenvalue weighted by Crippen LogP contribution is -2.24. The average molecular weight is 339 g/mol. The number of hydrogen-bond donors (Lipinski definition) is 2. The lowest BCUT2D eigenvalue weighted by atomic mass is 10.1. The molecule has 0 aromatic heterocycles. The van der Waals surface area contributed by atoms with Crippen LogP contribution in [0.3, 0.4) is 0 Å². The smallest absolute Gasteiger partial charge is 0.262 e. The fraction of sp³-hybridized carbons (Fsp3) is 0.263. The molecule has 0 radical (unpaired) electrons. The van der Waals surface area contributed by atoms with E-state index in [0.29, 0.717) is 17.0 Å². The molecule has 1 aliphatic rings. The normalized spacial score (nSPS) is 13.5. The zero-order valence-electron chi connectivity index (χ0n) is 13.9. The quantitative estimate of drug-likeness (QED) is 0.846. The minimum absolute atomic E-state index is 0.107. The Morgan fingerprint density at radius 3 is 2.48 bits per heavy atom. The van der Waals surface area contributed by atoms with Gasteiger partial charge in [0.2, 0.25) is 5.91 Å². The van der Waals surface area contributed by atoms with Crippen LogP contribution in [0.25, 0.3) is 0 Å². The molecule has 0 spiro atoms. The summed E-state index contributed by atoms with van der Waals surface area (Å²) in [7, 11) is 0. The fourth-order valence-electron chi connectivity index (χ4n) is 2.88. The fourth-order valence-corrected chi connectivity index (χ4v) is 2.88. The van der Waals surface area contributed by atoms with Crippen LogP contribution in [0.15, 0.2) is 48.5 Å². The third-order valence-corrected chi connectivity index (χ3v) is 4.12. The van der Waals surface area contributed by atoms with Crippen molar-refractivity contribution >= 4 is 23.2 Å². The van der Waals surface area contributed by atoms with Gasteiger partial charge in [0, 0.05) is 18.7 Å². The van der Waals surface area contributed by atoms with Gasteiger partial charge >= 0.3 is 0 Å². The summed E-state index contributed by atoms with van der Waals surface area (Å²) in [6.07, 6.45) is 2.23. The standard InChI is InChI=1S/C19H21N3O3/c20-19(24)14-8-9-17(22-10-4-5-11-22)16(12-14)21-18(23)13-25-15-6-2-1-3-7-15/h1-3,6-9,12H,4-5,10-11,13H2,(H2,20,24)(H,21,23). The molecule has 1 fully saturated rings. The molecule has 1 heterocycles. The molecule has 25 heavy (non-hydrogen) atoms. The molecule has 2 amide bonds. The van der Waals surface area contributed by atoms with E-state index in [2.05, 4.69) is 10.2 Å². The van der Waals surface area contributed by atoms with Crippen molar-refractivity contribution in [3.63, 3.8) is 0 Å². The molecule has 0 unspecified atom stereocenters. The number of carbonyl (C=O) groups is 2. The minimum atomic E-state index is -0.524. The van der Waals surface area contributed by atoms with Crippen LogP contribution < -0.4 is 20.7 Å². The van der Waals surface area contributed by atoms with E-state index in [-0.39, 0.29) is 12.5 Å². The number of nitrogens with zero attached hydrogens (tertiary/aromatic N) is 1. The SMILES string of the molecule is NC(=O)c1ccc(N2CCCC2)c(NC(=O)COc2ccccc2)c1. The van der Waals surface area contributed by atoms with Crippen molar-refractivity contribution in [2.75, 3.05) is 29.9 Å². The lowest BCUT2D eigenvalue weighted by Gasteiger charge is -2.22. The summed E-state index contributed by atoms with van der Waals surface area (Å²) in [5.74, 6) is -0.182. The number of para-hydroxylation sites is 1. The van der Waals surface area contributed by atoms with Crippen molar-refractivity contribution in [1.29, 1.82) is 0 Å². The molecule has 0 atom stereocenters. The Morgan fingerprint density at radius 1 is 1.08 bits per heavy atom. The first-order chi connectivity index (χ1) is 12.1. The van der Waals surface area contributed by atoms with E-state index in [4.69, 9.17) is 10.5 Å². The van der Waals surface area contributed by atoms with Crippen LogP contribution in [0.4, 0.5) is 11.4 Å². The van der Waals surface area contributed by atoms with Gasteiger partial charge in [-0.25, -0.2) is 0 Å². The number of benzene rings is 2. The van der Waals surface area contributed by atoms with Crippen molar-refractivity contribution in [2.24, 2.45) is 5.73 Å². The topological polar surface area (TPSA) is 84.7 Å². The molecular formula is C19H21N3O3. The van der Waals surface area contributed by atoms with E-state index in [1.807, 2.05) is 24.3 Å². The third-order valence-electron chi connectivity index (χ3n) is 4.12. The average Bonchev–Trinajstić information content (AvgIpc) is 3.15. The molecule has 0 saturated carbocycles. The summed E-state index contributed by atoms with van der Waals surface area (Å²) >= 11 is 0. The van der Waals surface area contributed by atoms with Crippen LogP contribution in [-0.4, -0.2) is 31.5 Å². The van der Waals surface area contributed by atoms with E-state index in [1.165, 1.54) is 0 Å². The van der Waals surface area contributed by atoms with Gasteiger partial charge < -0.3 is 20.7 Å². The number of ether oxygens (including phenoxy) is 1. The number of rotatable bonds is 6. The second-order valence-corrected chi connectivity index (χ2v) is 5.94. The van der Waals surface area contributed by atoms with Crippen molar-refractivity contribution in [3.8, 4) is 5.75 Å². The molecular weight excluding hydrogens is 318 g/mol. The zero-order chi connectivity index (χ0) is 17.6. The maximum absolute atomic E-state index is 12.3. The Kier molecular flexibility index (Phi) is 5.18. The molecule has 3 rings (SSSR count). The first-order valence-electron chi connectivity index (χ1n) is 8.30. The van der Waals surface area contributed by atoms with Crippen LogP contribution in [0.5, 0.6) is 5.75 Å². The summed E-state index contributed by atoms with van der Waals surface area (Å²) in [5.41, 5.74) is 7.21. The Balaban J connectivity index is 1.73. The van der Waals surface area contributed by atoms with Gasteiger partial charge in [0.1, 0.15) is 5.75 Å². The first-order valence-corrected chi connectivity index (χ1v) is 8.30. The number of anilines is 2. The molecule has 1 saturated heterocycles. The van der Waals surface area contributed by atoms with Crippen LogP contribution >= 0.6 is 0 Å². The Morgan fingerprint density at radius 2 is 1.80 bits per heavy atom. The molecule has 2 aromatic carbocycles. The van der Waals surface area contributed by atoms with Crippen LogP contribution in [-0.2, 0) is 4.79 Å². The van der Waals surface area contributed by atoms with E-state index >= 15 is 0 Å². The minimum Gasteiger partial charge on any atom is -0.484 e. The summed E-state index contributed by atoms with van der Waals surface area (Å²) in [6, 6.07) is 14.3. The van der Waals surface area contributed by atoms with Gasteiger partial charge in [0.25, 0.3) is 5.91 Å². The Labute approximate surface area is 146 Å². The monoisotopic (exact) mass is 339 g/mol. The molecule has 6 nitrogen and oxygen atoms in total. The second-order valence-electron chi connectivity index (χ2n) is 5.94. The van der Waals surface area contributed by atoms with Gasteiger partial charge in [-0.05, 0) is 43.2 Å². The first kappa shape index (κ1) is 16.8. The van der Waals surface area contributed by atoms with E-state index in [1.54, 1.807) is 24.3 Å². The lowest BCUT2D eigenvalue weighted by molar-refractivity contribution is -0.118. The summed E-state index contributed by atoms with van der Waals surface area (Å²) in [5, 5.41) is 2.84. The number of hydrogen-bond acceptors (Lipinski definition) is 4. The predicted molar refractivity (Wildman–Crippen MR) is 97.0 cm³/mol. The maximum atomic E-state index is 12.3. The Hall–Kier alpha value is -3.02. The summed E-state index contributed by atoms with van der Waals surface area (Å²) in [6.45, 7) is 1.75. The largest absolute Gasteiger partial charge is 0.484 e. The van der Waals surface area contributed by atoms with Crippen molar-refractivity contribution in [1.82, 2.24) is 0 Å². The highest BCUT2D eigenvalue weighted by molar-refractivity contribution is 5.99. The number of nitrogens with two attached hydrogens (primary N) is 1. The highest BCUT2D eigenvalue weighted by Crippen LogP contribution is 2.30. The number of nitrogens with one attached hydrogen (secondary N) is 1. The highest BCUT2D eigenvalue weighted by atomic mass is 16.5. The van der Waals surface area contributed by atoms with Gasteiger partial charge in [-0.15, -0.1) is 0 Å². The van der Waals surface area contributed by atoms with Gasteiger partial charge in [-0.1, -0.05) is 18.2 Å². The van der Waals surface area contributed by atoms with Gasteiger partial charge in [0.15, 0.2) is 6.61 Å². The van der Waals surface area contributed by atoms with Crippen molar-refractivity contribution in [3.05, 3.63) is 54.1 Å².